The van der Waals surface area contributed by atoms with Gasteiger partial charge in [-0.1, -0.05) is 35.3 Å². The molecule has 0 amide bonds. The summed E-state index contributed by atoms with van der Waals surface area (Å²) in [5.41, 5.74) is -0.123. The molecule has 1 heterocycles. The molecule has 1 aromatic heterocycles. The molecular formula is C23H13BrCl2O6. The van der Waals surface area contributed by atoms with E-state index in [2.05, 4.69) is 15.9 Å². The zero-order chi connectivity index (χ0) is 22.7. The fourth-order valence-electron chi connectivity index (χ4n) is 2.76. The lowest BCUT2D eigenvalue weighted by Gasteiger charge is -2.09. The first-order valence-electron chi connectivity index (χ1n) is 9.17. The number of halogens is 3. The normalized spacial score (nSPS) is 10.7. The predicted octanol–water partition coefficient (Wildman–Crippen LogP) is 6.64. The van der Waals surface area contributed by atoms with Gasteiger partial charge in [0.2, 0.25) is 11.2 Å². The highest BCUT2D eigenvalue weighted by atomic mass is 79.9. The molecule has 32 heavy (non-hydrogen) atoms. The third-order valence-electron chi connectivity index (χ3n) is 4.24. The van der Waals surface area contributed by atoms with Crippen molar-refractivity contribution in [2.45, 2.75) is 0 Å². The second-order valence-electron chi connectivity index (χ2n) is 6.46. The zero-order valence-electron chi connectivity index (χ0n) is 16.1. The van der Waals surface area contributed by atoms with Crippen LogP contribution in [-0.2, 0) is 4.79 Å². The number of hydrogen-bond acceptors (Lipinski definition) is 6. The standard InChI is InChI=1S/C23H13BrCl2O6/c24-16-3-1-2-4-18(16)32-21-11-29-20-10-14(6-7-15(20)23(21)28)31-22(27)12-30-19-8-5-13(25)9-17(19)26/h1-11H,12H2. The van der Waals surface area contributed by atoms with Gasteiger partial charge in [-0.05, 0) is 58.4 Å². The van der Waals surface area contributed by atoms with Crippen LogP contribution in [0.3, 0.4) is 0 Å². The van der Waals surface area contributed by atoms with Crippen molar-refractivity contribution in [3.63, 3.8) is 0 Å². The molecule has 0 radical (unpaired) electrons. The van der Waals surface area contributed by atoms with Crippen LogP contribution in [0.4, 0.5) is 0 Å². The van der Waals surface area contributed by atoms with Crippen molar-refractivity contribution in [3.8, 4) is 23.0 Å². The van der Waals surface area contributed by atoms with Crippen LogP contribution in [0.5, 0.6) is 23.0 Å². The number of hydrogen-bond donors (Lipinski definition) is 0. The first-order chi connectivity index (χ1) is 15.4. The molecule has 0 fully saturated rings. The van der Waals surface area contributed by atoms with Crippen LogP contribution in [0, 0.1) is 0 Å². The van der Waals surface area contributed by atoms with Crippen LogP contribution in [0.2, 0.25) is 10.0 Å². The lowest BCUT2D eigenvalue weighted by atomic mass is 10.2. The molecule has 162 valence electrons. The van der Waals surface area contributed by atoms with Gasteiger partial charge in [-0.25, -0.2) is 4.79 Å². The summed E-state index contributed by atoms with van der Waals surface area (Å²) in [5, 5.41) is 1.00. The van der Waals surface area contributed by atoms with Crippen LogP contribution < -0.4 is 19.6 Å². The second kappa shape index (κ2) is 9.65. The Hall–Kier alpha value is -3.00. The molecule has 0 unspecified atom stereocenters. The van der Waals surface area contributed by atoms with Gasteiger partial charge in [0, 0.05) is 11.1 Å². The van der Waals surface area contributed by atoms with Crippen molar-refractivity contribution in [3.05, 3.63) is 91.7 Å². The topological polar surface area (TPSA) is 75.0 Å². The molecule has 0 saturated heterocycles. The molecule has 4 rings (SSSR count). The highest BCUT2D eigenvalue weighted by Gasteiger charge is 2.14. The number of esters is 1. The molecule has 0 aliphatic heterocycles. The molecule has 3 aromatic carbocycles. The number of rotatable bonds is 6. The summed E-state index contributed by atoms with van der Waals surface area (Å²) in [6.45, 7) is -0.373. The van der Waals surface area contributed by atoms with Gasteiger partial charge in [-0.2, -0.15) is 0 Å². The number of carbonyl (C=O) groups is 1. The summed E-state index contributed by atoms with van der Waals surface area (Å²) in [5.74, 6) is 0.338. The van der Waals surface area contributed by atoms with E-state index >= 15 is 0 Å². The van der Waals surface area contributed by atoms with E-state index in [1.54, 1.807) is 30.3 Å². The van der Waals surface area contributed by atoms with Crippen molar-refractivity contribution in [2.75, 3.05) is 6.61 Å². The molecule has 0 atom stereocenters. The van der Waals surface area contributed by atoms with Crippen LogP contribution in [0.1, 0.15) is 0 Å². The summed E-state index contributed by atoms with van der Waals surface area (Å²) < 4.78 is 22.5. The van der Waals surface area contributed by atoms with Gasteiger partial charge < -0.3 is 18.6 Å². The minimum absolute atomic E-state index is 0.0300. The Bertz CT molecular complexity index is 1370. The average Bonchev–Trinajstić information content (AvgIpc) is 2.76. The van der Waals surface area contributed by atoms with Crippen LogP contribution in [0.15, 0.2) is 80.6 Å². The number of benzene rings is 3. The van der Waals surface area contributed by atoms with E-state index in [1.807, 2.05) is 6.07 Å². The fourth-order valence-corrected chi connectivity index (χ4v) is 3.59. The van der Waals surface area contributed by atoms with E-state index in [-0.39, 0.29) is 39.5 Å². The van der Waals surface area contributed by atoms with Gasteiger partial charge in [-0.3, -0.25) is 4.79 Å². The lowest BCUT2D eigenvalue weighted by molar-refractivity contribution is -0.136. The van der Waals surface area contributed by atoms with E-state index in [0.29, 0.717) is 21.0 Å². The monoisotopic (exact) mass is 534 g/mol. The van der Waals surface area contributed by atoms with Crippen LogP contribution in [-0.4, -0.2) is 12.6 Å². The summed E-state index contributed by atoms with van der Waals surface area (Å²) in [6, 6.07) is 16.2. The highest BCUT2D eigenvalue weighted by molar-refractivity contribution is 9.10. The Kier molecular flexibility index (Phi) is 6.69. The van der Waals surface area contributed by atoms with Crippen molar-refractivity contribution >= 4 is 56.1 Å². The van der Waals surface area contributed by atoms with Gasteiger partial charge in [0.05, 0.1) is 14.9 Å². The van der Waals surface area contributed by atoms with Gasteiger partial charge in [0.1, 0.15) is 29.1 Å². The Morgan fingerprint density at radius 3 is 2.56 bits per heavy atom. The van der Waals surface area contributed by atoms with E-state index in [4.69, 9.17) is 41.8 Å². The van der Waals surface area contributed by atoms with Gasteiger partial charge >= 0.3 is 5.97 Å². The first kappa shape index (κ1) is 22.2. The molecule has 4 aromatic rings. The van der Waals surface area contributed by atoms with Crippen molar-refractivity contribution in [1.29, 1.82) is 0 Å². The molecule has 0 saturated carbocycles. The molecule has 0 bridgehead atoms. The minimum atomic E-state index is -0.661. The van der Waals surface area contributed by atoms with Gasteiger partial charge in [-0.15, -0.1) is 0 Å². The second-order valence-corrected chi connectivity index (χ2v) is 8.15. The van der Waals surface area contributed by atoms with Crippen molar-refractivity contribution in [1.82, 2.24) is 0 Å². The molecular weight excluding hydrogens is 523 g/mol. The van der Waals surface area contributed by atoms with Crippen molar-refractivity contribution in [2.24, 2.45) is 0 Å². The Balaban J connectivity index is 1.47. The van der Waals surface area contributed by atoms with Crippen LogP contribution >= 0.6 is 39.1 Å². The Labute approximate surface area is 200 Å². The third kappa shape index (κ3) is 5.07. The van der Waals surface area contributed by atoms with E-state index in [0.717, 1.165) is 0 Å². The minimum Gasteiger partial charge on any atom is -0.480 e. The number of carbonyl (C=O) groups excluding carboxylic acids is 1. The summed E-state index contributed by atoms with van der Waals surface area (Å²) in [7, 11) is 0. The maximum absolute atomic E-state index is 12.7. The number of para-hydroxylation sites is 1. The summed E-state index contributed by atoms with van der Waals surface area (Å²) in [4.78, 5) is 24.9. The summed E-state index contributed by atoms with van der Waals surface area (Å²) in [6.07, 6.45) is 1.21. The van der Waals surface area contributed by atoms with E-state index < -0.39 is 5.97 Å². The van der Waals surface area contributed by atoms with Crippen molar-refractivity contribution < 1.29 is 23.4 Å². The Morgan fingerprint density at radius 2 is 1.78 bits per heavy atom. The zero-order valence-corrected chi connectivity index (χ0v) is 19.2. The first-order valence-corrected chi connectivity index (χ1v) is 10.7. The average molecular weight is 536 g/mol. The molecule has 0 N–H and O–H groups in total. The molecule has 6 nitrogen and oxygen atoms in total. The lowest BCUT2D eigenvalue weighted by Crippen LogP contribution is -2.17. The maximum Gasteiger partial charge on any atom is 0.349 e. The fraction of sp³-hybridized carbons (Fsp3) is 0.0435. The van der Waals surface area contributed by atoms with E-state index in [9.17, 15) is 9.59 Å². The van der Waals surface area contributed by atoms with E-state index in [1.165, 1.54) is 30.5 Å². The largest absolute Gasteiger partial charge is 0.480 e. The van der Waals surface area contributed by atoms with Crippen LogP contribution in [0.25, 0.3) is 11.0 Å². The van der Waals surface area contributed by atoms with Gasteiger partial charge in [0.15, 0.2) is 6.61 Å². The maximum atomic E-state index is 12.7. The molecule has 0 aliphatic carbocycles. The number of ether oxygens (including phenoxy) is 3. The quantitative estimate of drug-likeness (QED) is 0.203. The molecule has 9 heteroatoms. The third-order valence-corrected chi connectivity index (χ3v) is 5.43. The number of fused-ring (bicyclic) bond motifs is 1. The molecule has 0 aliphatic rings. The summed E-state index contributed by atoms with van der Waals surface area (Å²) >= 11 is 15.2. The molecule has 0 spiro atoms. The highest BCUT2D eigenvalue weighted by Crippen LogP contribution is 2.30. The smallest absolute Gasteiger partial charge is 0.349 e. The SMILES string of the molecule is O=C(COc1ccc(Cl)cc1Cl)Oc1ccc2c(=O)c(Oc3ccccc3Br)coc2c1. The Morgan fingerprint density at radius 1 is 0.969 bits per heavy atom. The van der Waals surface area contributed by atoms with Gasteiger partial charge in [0.25, 0.3) is 0 Å². The predicted molar refractivity (Wildman–Crippen MR) is 124 cm³/mol.